The van der Waals surface area contributed by atoms with Crippen LogP contribution in [0.5, 0.6) is 5.75 Å². The molecule has 0 aromatic heterocycles. The fraction of sp³-hybridized carbons (Fsp3) is 0.462. The van der Waals surface area contributed by atoms with E-state index < -0.39 is 0 Å². The number of benzene rings is 2. The summed E-state index contributed by atoms with van der Waals surface area (Å²) in [5, 5.41) is 9.11. The quantitative estimate of drug-likeness (QED) is 0.607. The Kier molecular flexibility index (Phi) is 7.47. The number of carbonyl (C=O) groups is 2. The van der Waals surface area contributed by atoms with Gasteiger partial charge < -0.3 is 20.7 Å². The molecule has 0 saturated heterocycles. The van der Waals surface area contributed by atoms with Crippen molar-refractivity contribution in [1.29, 1.82) is 0 Å². The zero-order chi connectivity index (χ0) is 23.2. The highest BCUT2D eigenvalue weighted by molar-refractivity contribution is 5.79. The summed E-state index contributed by atoms with van der Waals surface area (Å²) in [5.74, 6) is 0.584. The van der Waals surface area contributed by atoms with Crippen LogP contribution in [0.15, 0.2) is 42.5 Å². The van der Waals surface area contributed by atoms with Crippen molar-refractivity contribution in [3.8, 4) is 5.75 Å². The molecule has 6 nitrogen and oxygen atoms in total. The number of fused-ring (bicyclic) bond motifs is 1. The van der Waals surface area contributed by atoms with Crippen LogP contribution in [-0.2, 0) is 17.8 Å². The van der Waals surface area contributed by atoms with Crippen LogP contribution >= 0.6 is 0 Å². The number of aryl methyl sites for hydroxylation is 1. The summed E-state index contributed by atoms with van der Waals surface area (Å²) in [5.41, 5.74) is 3.04. The number of nitrogens with one attached hydrogen (secondary N) is 3. The third kappa shape index (κ3) is 6.03. The van der Waals surface area contributed by atoms with Gasteiger partial charge in [-0.15, -0.1) is 0 Å². The normalized spacial score (nSPS) is 22.1. The van der Waals surface area contributed by atoms with Gasteiger partial charge in [0.25, 0.3) is 0 Å². The second-order valence-corrected chi connectivity index (χ2v) is 9.02. The minimum atomic E-state index is -0.223. The van der Waals surface area contributed by atoms with Gasteiger partial charge in [0.15, 0.2) is 0 Å². The topological polar surface area (TPSA) is 79.5 Å². The summed E-state index contributed by atoms with van der Waals surface area (Å²) < 4.78 is 18.7. The first-order valence-electron chi connectivity index (χ1n) is 11.8. The Labute approximate surface area is 194 Å². The van der Waals surface area contributed by atoms with Crippen molar-refractivity contribution in [1.82, 2.24) is 16.0 Å². The van der Waals surface area contributed by atoms with Crippen LogP contribution < -0.4 is 20.7 Å². The maximum atomic E-state index is 13.5. The molecule has 0 bridgehead atoms. The number of ether oxygens (including phenoxy) is 1. The maximum Gasteiger partial charge on any atom is 0.315 e. The molecular weight excluding hydrogens is 421 g/mol. The second kappa shape index (κ2) is 10.7. The molecule has 1 atom stereocenters. The molecule has 2 aromatic rings. The minimum absolute atomic E-state index is 0.0403. The first kappa shape index (κ1) is 23.1. The molecule has 4 rings (SSSR count). The molecule has 0 unspecified atom stereocenters. The standard InChI is InChI=1S/C26H32FN3O3/c1-33-22-12-5-17(6-13-22)16-28-26(32)29-21-10-7-18(8-11-21)25(31)30-24-4-2-3-19-15-20(27)9-14-23(19)24/h5-6,9,12-15,18,21,24H,2-4,7-8,10-11,16H2,1H3,(H,30,31)(H2,28,29,32)/t18?,21?,24-/m1/s1. The highest BCUT2D eigenvalue weighted by Gasteiger charge is 2.30. The highest BCUT2D eigenvalue weighted by Crippen LogP contribution is 2.32. The van der Waals surface area contributed by atoms with Gasteiger partial charge in [-0.05, 0) is 85.9 Å². The van der Waals surface area contributed by atoms with Crippen molar-refractivity contribution < 1.29 is 18.7 Å². The van der Waals surface area contributed by atoms with Gasteiger partial charge in [-0.25, -0.2) is 9.18 Å². The van der Waals surface area contributed by atoms with Crippen LogP contribution in [-0.4, -0.2) is 25.1 Å². The Bertz CT molecular complexity index is 971. The van der Waals surface area contributed by atoms with Crippen molar-refractivity contribution in [2.24, 2.45) is 5.92 Å². The monoisotopic (exact) mass is 453 g/mol. The van der Waals surface area contributed by atoms with E-state index in [0.29, 0.717) is 6.54 Å². The van der Waals surface area contributed by atoms with E-state index in [1.807, 2.05) is 24.3 Å². The van der Waals surface area contributed by atoms with Crippen LogP contribution in [0, 0.1) is 11.7 Å². The lowest BCUT2D eigenvalue weighted by molar-refractivity contribution is -0.126. The molecule has 0 spiro atoms. The van der Waals surface area contributed by atoms with Gasteiger partial charge in [-0.1, -0.05) is 18.2 Å². The van der Waals surface area contributed by atoms with Crippen LogP contribution in [0.3, 0.4) is 0 Å². The largest absolute Gasteiger partial charge is 0.497 e. The molecule has 0 aliphatic heterocycles. The number of amides is 3. The van der Waals surface area contributed by atoms with E-state index in [0.717, 1.165) is 67.4 Å². The molecule has 2 aromatic carbocycles. The van der Waals surface area contributed by atoms with Gasteiger partial charge in [-0.3, -0.25) is 4.79 Å². The van der Waals surface area contributed by atoms with E-state index in [4.69, 9.17) is 4.74 Å². The lowest BCUT2D eigenvalue weighted by atomic mass is 9.84. The predicted molar refractivity (Wildman–Crippen MR) is 124 cm³/mol. The van der Waals surface area contributed by atoms with Crippen LogP contribution in [0.2, 0.25) is 0 Å². The average molecular weight is 454 g/mol. The molecule has 7 heteroatoms. The molecule has 33 heavy (non-hydrogen) atoms. The Morgan fingerprint density at radius 2 is 1.76 bits per heavy atom. The zero-order valence-corrected chi connectivity index (χ0v) is 19.0. The maximum absolute atomic E-state index is 13.5. The Balaban J connectivity index is 1.20. The summed E-state index contributed by atoms with van der Waals surface area (Å²) in [7, 11) is 1.62. The number of hydrogen-bond donors (Lipinski definition) is 3. The van der Waals surface area contributed by atoms with Crippen molar-refractivity contribution in [3.63, 3.8) is 0 Å². The van der Waals surface area contributed by atoms with Crippen LogP contribution in [0.1, 0.15) is 61.3 Å². The molecule has 0 radical (unpaired) electrons. The SMILES string of the molecule is COc1ccc(CNC(=O)NC2CCC(C(=O)N[C@@H]3CCCc4cc(F)ccc43)CC2)cc1. The average Bonchev–Trinajstić information content (AvgIpc) is 2.83. The number of halogens is 1. The van der Waals surface area contributed by atoms with Gasteiger partial charge in [0.05, 0.1) is 13.2 Å². The molecule has 176 valence electrons. The van der Waals surface area contributed by atoms with Crippen molar-refractivity contribution in [3.05, 3.63) is 65.0 Å². The lowest BCUT2D eigenvalue weighted by Crippen LogP contribution is -2.45. The van der Waals surface area contributed by atoms with Crippen LogP contribution in [0.4, 0.5) is 9.18 Å². The first-order chi connectivity index (χ1) is 16.0. The Morgan fingerprint density at radius 1 is 1.00 bits per heavy atom. The number of carbonyl (C=O) groups excluding carboxylic acids is 2. The Hall–Kier alpha value is -3.09. The van der Waals surface area contributed by atoms with E-state index in [1.165, 1.54) is 6.07 Å². The number of urea groups is 1. The van der Waals surface area contributed by atoms with E-state index in [1.54, 1.807) is 19.2 Å². The number of hydrogen-bond acceptors (Lipinski definition) is 3. The summed E-state index contributed by atoms with van der Waals surface area (Å²) in [4.78, 5) is 25.2. The molecule has 0 heterocycles. The smallest absolute Gasteiger partial charge is 0.315 e. The lowest BCUT2D eigenvalue weighted by Gasteiger charge is -2.31. The van der Waals surface area contributed by atoms with Gasteiger partial charge in [-0.2, -0.15) is 0 Å². The molecule has 2 aliphatic rings. The zero-order valence-electron chi connectivity index (χ0n) is 19.0. The van der Waals surface area contributed by atoms with Crippen molar-refractivity contribution in [2.75, 3.05) is 7.11 Å². The Morgan fingerprint density at radius 3 is 2.48 bits per heavy atom. The summed E-state index contributed by atoms with van der Waals surface area (Å²) in [6.07, 6.45) is 5.74. The van der Waals surface area contributed by atoms with E-state index >= 15 is 0 Å². The van der Waals surface area contributed by atoms with E-state index in [9.17, 15) is 14.0 Å². The van der Waals surface area contributed by atoms with E-state index in [2.05, 4.69) is 16.0 Å². The summed E-state index contributed by atoms with van der Waals surface area (Å²) in [6, 6.07) is 12.3. The number of methoxy groups -OCH3 is 1. The predicted octanol–water partition coefficient (Wildman–Crippen LogP) is 4.39. The first-order valence-corrected chi connectivity index (χ1v) is 11.8. The fourth-order valence-corrected chi connectivity index (χ4v) is 4.88. The molecule has 3 amide bonds. The number of rotatable bonds is 6. The molecule has 2 aliphatic carbocycles. The van der Waals surface area contributed by atoms with Gasteiger partial charge >= 0.3 is 6.03 Å². The summed E-state index contributed by atoms with van der Waals surface area (Å²) in [6.45, 7) is 0.445. The molecular formula is C26H32FN3O3. The second-order valence-electron chi connectivity index (χ2n) is 9.02. The van der Waals surface area contributed by atoms with Crippen molar-refractivity contribution >= 4 is 11.9 Å². The van der Waals surface area contributed by atoms with Gasteiger partial charge in [0, 0.05) is 18.5 Å². The molecule has 3 N–H and O–H groups in total. The summed E-state index contributed by atoms with van der Waals surface area (Å²) >= 11 is 0. The van der Waals surface area contributed by atoms with Crippen molar-refractivity contribution in [2.45, 2.75) is 63.6 Å². The third-order valence-corrected chi connectivity index (χ3v) is 6.78. The molecule has 1 saturated carbocycles. The van der Waals surface area contributed by atoms with Gasteiger partial charge in [0.1, 0.15) is 11.6 Å². The van der Waals surface area contributed by atoms with Crippen LogP contribution in [0.25, 0.3) is 0 Å². The fourth-order valence-electron chi connectivity index (χ4n) is 4.88. The highest BCUT2D eigenvalue weighted by atomic mass is 19.1. The minimum Gasteiger partial charge on any atom is -0.497 e. The van der Waals surface area contributed by atoms with Gasteiger partial charge in [0.2, 0.25) is 5.91 Å². The third-order valence-electron chi connectivity index (χ3n) is 6.78. The van der Waals surface area contributed by atoms with E-state index in [-0.39, 0.29) is 35.8 Å². The molecule has 1 fully saturated rings.